The molecule has 0 saturated heterocycles. The summed E-state index contributed by atoms with van der Waals surface area (Å²) >= 11 is 0. The van der Waals surface area contributed by atoms with Crippen LogP contribution in [0.4, 0.5) is 11.4 Å². The van der Waals surface area contributed by atoms with Crippen molar-refractivity contribution in [1.82, 2.24) is 0 Å². The van der Waals surface area contributed by atoms with E-state index in [2.05, 4.69) is 25.2 Å². The minimum Gasteiger partial charge on any atom is -0.504 e. The number of azo groups is 2. The van der Waals surface area contributed by atoms with Gasteiger partial charge in [-0.15, -0.1) is 0 Å². The minimum atomic E-state index is -1.01. The predicted octanol–water partition coefficient (Wildman–Crippen LogP) is 3.80. The number of carboxylic acid groups (broad SMARTS) is 1. The third-order valence-corrected chi connectivity index (χ3v) is 3.24. The Morgan fingerprint density at radius 3 is 2.31 bits per heavy atom. The molecule has 0 amide bonds. The zero-order valence-electron chi connectivity index (χ0n) is 13.9. The molecule has 0 aliphatic carbocycles. The number of hydrogen-bond acceptors (Lipinski definition) is 8. The van der Waals surface area contributed by atoms with Crippen molar-refractivity contribution >= 4 is 23.8 Å². The average Bonchev–Trinajstić information content (AvgIpc) is 2.61. The van der Waals surface area contributed by atoms with Gasteiger partial charge in [0, 0.05) is 6.07 Å². The number of rotatable bonds is 8. The van der Waals surface area contributed by atoms with Crippen molar-refractivity contribution in [1.29, 1.82) is 0 Å². The maximum Gasteiger partial charge on any atom is 0.336 e. The van der Waals surface area contributed by atoms with Crippen LogP contribution in [0.5, 0.6) is 11.5 Å². The van der Waals surface area contributed by atoms with Crippen molar-refractivity contribution in [3.63, 3.8) is 0 Å². The van der Waals surface area contributed by atoms with Gasteiger partial charge in [0.25, 0.3) is 6.47 Å². The molecule has 0 atom stereocenters. The van der Waals surface area contributed by atoms with Crippen molar-refractivity contribution in [2.75, 3.05) is 13.1 Å². The van der Waals surface area contributed by atoms with Crippen LogP contribution in [0.2, 0.25) is 0 Å². The molecular weight excluding hydrogens is 340 g/mol. The first-order valence-corrected chi connectivity index (χ1v) is 7.53. The number of hydrogen-bond donors (Lipinski definition) is 2. The molecule has 0 radical (unpaired) electrons. The number of phenols is 1. The Morgan fingerprint density at radius 1 is 1.08 bits per heavy atom. The smallest absolute Gasteiger partial charge is 0.336 e. The van der Waals surface area contributed by atoms with Crippen LogP contribution in [-0.2, 0) is 4.79 Å². The topological polar surface area (TPSA) is 133 Å². The van der Waals surface area contributed by atoms with E-state index in [1.54, 1.807) is 19.1 Å². The maximum atomic E-state index is 11.1. The molecular formula is C17H16N4O5. The molecule has 0 bridgehead atoms. The van der Waals surface area contributed by atoms with E-state index in [4.69, 9.17) is 5.11 Å². The highest BCUT2D eigenvalue weighted by molar-refractivity contribution is 5.90. The number of ether oxygens (including phenoxy) is 1. The van der Waals surface area contributed by atoms with Gasteiger partial charge in [-0.25, -0.2) is 4.79 Å². The van der Waals surface area contributed by atoms with Gasteiger partial charge in [-0.2, -0.15) is 20.5 Å². The SMILES string of the molecule is Cc1ccc(N=NCCN=Nc2ccc(O)c(OC=O)c2)cc1C(=O)O. The molecule has 9 heteroatoms. The molecule has 0 fully saturated rings. The number of carboxylic acids is 1. The Hall–Kier alpha value is -3.62. The number of nitrogens with zero attached hydrogens (tertiary/aromatic N) is 4. The lowest BCUT2D eigenvalue weighted by Gasteiger charge is -2.01. The predicted molar refractivity (Wildman–Crippen MR) is 91.7 cm³/mol. The molecule has 0 unspecified atom stereocenters. The molecule has 0 heterocycles. The van der Waals surface area contributed by atoms with Gasteiger partial charge in [0.05, 0.1) is 30.0 Å². The van der Waals surface area contributed by atoms with Gasteiger partial charge in [-0.1, -0.05) is 6.07 Å². The Balaban J connectivity index is 1.90. The standard InChI is InChI=1S/C17H16N4O5/c1-11-2-3-12(8-14(11)17(24)25)20-18-6-7-19-21-13-4-5-15(23)16(9-13)26-10-22/h2-5,8-10,23H,6-7H2,1H3,(H,24,25). The van der Waals surface area contributed by atoms with Gasteiger partial charge in [0.1, 0.15) is 0 Å². The number of carbonyl (C=O) groups is 2. The third kappa shape index (κ3) is 5.20. The van der Waals surface area contributed by atoms with Gasteiger partial charge >= 0.3 is 5.97 Å². The highest BCUT2D eigenvalue weighted by atomic mass is 16.5. The first kappa shape index (κ1) is 18.7. The lowest BCUT2D eigenvalue weighted by Crippen LogP contribution is -1.98. The summed E-state index contributed by atoms with van der Waals surface area (Å²) in [6, 6.07) is 9.02. The molecule has 2 N–H and O–H groups in total. The number of phenolic OH excluding ortho intramolecular Hbond substituents is 1. The molecule has 0 aliphatic rings. The molecule has 0 spiro atoms. The number of aromatic hydroxyl groups is 1. The van der Waals surface area contributed by atoms with E-state index in [1.807, 2.05) is 0 Å². The molecule has 2 rings (SSSR count). The normalized spacial score (nSPS) is 11.1. The molecule has 2 aromatic rings. The fraction of sp³-hybridized carbons (Fsp3) is 0.176. The Bertz CT molecular complexity index is 864. The largest absolute Gasteiger partial charge is 0.504 e. The first-order valence-electron chi connectivity index (χ1n) is 7.53. The summed E-state index contributed by atoms with van der Waals surface area (Å²) in [6.45, 7) is 2.43. The number of carbonyl (C=O) groups excluding carboxylic acids is 1. The second-order valence-electron chi connectivity index (χ2n) is 5.10. The molecule has 9 nitrogen and oxygen atoms in total. The third-order valence-electron chi connectivity index (χ3n) is 3.24. The van der Waals surface area contributed by atoms with E-state index in [1.165, 1.54) is 24.3 Å². The van der Waals surface area contributed by atoms with E-state index >= 15 is 0 Å². The van der Waals surface area contributed by atoms with Crippen LogP contribution >= 0.6 is 0 Å². The van der Waals surface area contributed by atoms with Crippen LogP contribution in [0.15, 0.2) is 56.9 Å². The number of aryl methyl sites for hydroxylation is 1. The zero-order valence-corrected chi connectivity index (χ0v) is 13.9. The van der Waals surface area contributed by atoms with E-state index < -0.39 is 5.97 Å². The number of aromatic carboxylic acids is 1. The quantitative estimate of drug-likeness (QED) is 0.421. The van der Waals surface area contributed by atoms with Crippen LogP contribution in [0.3, 0.4) is 0 Å². The van der Waals surface area contributed by atoms with E-state index in [0.29, 0.717) is 16.9 Å². The summed E-state index contributed by atoms with van der Waals surface area (Å²) in [5.74, 6) is -1.20. The zero-order chi connectivity index (χ0) is 18.9. The Labute approximate surface area is 148 Å². The van der Waals surface area contributed by atoms with Crippen molar-refractivity contribution in [2.45, 2.75) is 6.92 Å². The summed E-state index contributed by atoms with van der Waals surface area (Å²) < 4.78 is 4.60. The van der Waals surface area contributed by atoms with Gasteiger partial charge in [-0.3, -0.25) is 4.79 Å². The summed E-state index contributed by atoms with van der Waals surface area (Å²) in [5.41, 5.74) is 1.68. The van der Waals surface area contributed by atoms with Gasteiger partial charge in [0.15, 0.2) is 11.5 Å². The maximum absolute atomic E-state index is 11.1. The van der Waals surface area contributed by atoms with Crippen molar-refractivity contribution in [2.24, 2.45) is 20.5 Å². The highest BCUT2D eigenvalue weighted by Gasteiger charge is 2.07. The summed E-state index contributed by atoms with van der Waals surface area (Å²) in [5, 5.41) is 34.3. The Kier molecular flexibility index (Phi) is 6.49. The molecule has 0 aromatic heterocycles. The minimum absolute atomic E-state index is 0.00950. The molecule has 134 valence electrons. The van der Waals surface area contributed by atoms with Crippen LogP contribution in [0, 0.1) is 6.92 Å². The van der Waals surface area contributed by atoms with Crippen molar-refractivity contribution in [3.05, 3.63) is 47.5 Å². The lowest BCUT2D eigenvalue weighted by atomic mass is 10.1. The van der Waals surface area contributed by atoms with Gasteiger partial charge < -0.3 is 14.9 Å². The van der Waals surface area contributed by atoms with Gasteiger partial charge in [0.2, 0.25) is 0 Å². The van der Waals surface area contributed by atoms with E-state index in [9.17, 15) is 14.7 Å². The fourth-order valence-corrected chi connectivity index (χ4v) is 1.97. The van der Waals surface area contributed by atoms with E-state index in [0.717, 1.165) is 0 Å². The summed E-state index contributed by atoms with van der Waals surface area (Å²) in [7, 11) is 0. The molecule has 0 saturated carbocycles. The Morgan fingerprint density at radius 2 is 1.69 bits per heavy atom. The molecule has 2 aromatic carbocycles. The van der Waals surface area contributed by atoms with Crippen LogP contribution in [0.1, 0.15) is 15.9 Å². The molecule has 0 aliphatic heterocycles. The molecule has 26 heavy (non-hydrogen) atoms. The lowest BCUT2D eigenvalue weighted by molar-refractivity contribution is -0.120. The van der Waals surface area contributed by atoms with Gasteiger partial charge in [-0.05, 0) is 36.8 Å². The van der Waals surface area contributed by atoms with E-state index in [-0.39, 0.29) is 36.6 Å². The monoisotopic (exact) mass is 356 g/mol. The highest BCUT2D eigenvalue weighted by Crippen LogP contribution is 2.30. The van der Waals surface area contributed by atoms with Crippen LogP contribution in [-0.4, -0.2) is 35.7 Å². The second-order valence-corrected chi connectivity index (χ2v) is 5.10. The first-order chi connectivity index (χ1) is 12.5. The fourth-order valence-electron chi connectivity index (χ4n) is 1.97. The number of benzene rings is 2. The van der Waals surface area contributed by atoms with Crippen LogP contribution in [0.25, 0.3) is 0 Å². The summed E-state index contributed by atoms with van der Waals surface area (Å²) in [6.07, 6.45) is 0. The van der Waals surface area contributed by atoms with Crippen molar-refractivity contribution in [3.8, 4) is 11.5 Å². The van der Waals surface area contributed by atoms with Crippen molar-refractivity contribution < 1.29 is 24.5 Å². The summed E-state index contributed by atoms with van der Waals surface area (Å²) in [4.78, 5) is 21.4. The second kappa shape index (κ2) is 9.02. The van der Waals surface area contributed by atoms with Crippen LogP contribution < -0.4 is 4.74 Å². The average molecular weight is 356 g/mol.